The lowest BCUT2D eigenvalue weighted by molar-refractivity contribution is -0.192. The van der Waals surface area contributed by atoms with E-state index in [0.29, 0.717) is 48.6 Å². The zero-order chi connectivity index (χ0) is 70.7. The summed E-state index contributed by atoms with van der Waals surface area (Å²) in [7, 11) is 0. The summed E-state index contributed by atoms with van der Waals surface area (Å²) in [5.74, 6) is -5.48. The van der Waals surface area contributed by atoms with Gasteiger partial charge in [0.25, 0.3) is 0 Å². The topological polar surface area (TPSA) is 313 Å². The first-order valence-electron chi connectivity index (χ1n) is 29.8. The van der Waals surface area contributed by atoms with Crippen molar-refractivity contribution >= 4 is 30.0 Å². The quantitative estimate of drug-likeness (QED) is 0.0168. The largest absolute Gasteiger partial charge is 0.508 e. The second kappa shape index (κ2) is 43.4. The minimum atomic E-state index is -5.18. The number of pyridine rings is 6. The summed E-state index contributed by atoms with van der Waals surface area (Å²) in [5.41, 5.74) is 13.2. The molecule has 9 rings (SSSR count). The number of hydrogen-bond donors (Lipinski definition) is 8. The lowest BCUT2D eigenvalue weighted by atomic mass is 10.0. The van der Waals surface area contributed by atoms with E-state index < -0.39 is 42.2 Å². The molecule has 97 heavy (non-hydrogen) atoms. The molecule has 9 aromatic rings. The summed E-state index contributed by atoms with van der Waals surface area (Å²) in [6.45, 7) is 8.83. The van der Waals surface area contributed by atoms with Gasteiger partial charge in [-0.15, -0.1) is 0 Å². The molecular formula is C70H72F6N12O9. The van der Waals surface area contributed by atoms with Crippen LogP contribution < -0.4 is 21.7 Å². The van der Waals surface area contributed by atoms with E-state index in [1.54, 1.807) is 123 Å². The first-order chi connectivity index (χ1) is 46.6. The van der Waals surface area contributed by atoms with Crippen LogP contribution in [0.15, 0.2) is 220 Å². The van der Waals surface area contributed by atoms with E-state index in [2.05, 4.69) is 50.7 Å². The number of carbonyl (C=O) groups excluding carboxylic acids is 4. The summed E-state index contributed by atoms with van der Waals surface area (Å²) < 4.78 is 72.3. The number of phenols is 3. The third-order valence-corrected chi connectivity index (χ3v) is 13.3. The standard InChI is InChI=1S/C24H23F3N4O3.C22H24N4O2.C8H8N2.C7H10N2.C7H6O2.C2HF3O2/c25-24(26,27)23(34)31(16-10-18-7-13-29-14-8-18)21(19-1-3-20(32)4-2-19)22(33)30-15-9-17-5-11-28-12-6-17;27-20-3-1-19(2-4-20)21(25-15-9-17-5-11-23-12-6-17)22(28)26-16-10-18-7-13-24-14-8-18;1-9-5-2-8-3-6-10-7-4-8;8-4-1-7-2-5-9-6-3-7;8-5-6-1-3-7(9)4-2-6;3-2(4,5)1(6)7/h1-8,11-14,21,32H,9-10,15-16H2,(H,30,33);1-8,11-14,21,25,27H,9-10,15-16H2,(H,26,28);3-4,6-7H,2,5H2;2-3,5-6H,1,4,8H2;1-5,9H;(H,6,7). The van der Waals surface area contributed by atoms with Gasteiger partial charge in [0, 0.05) is 113 Å². The van der Waals surface area contributed by atoms with Crippen molar-refractivity contribution in [3.63, 3.8) is 0 Å². The van der Waals surface area contributed by atoms with E-state index >= 15 is 0 Å². The van der Waals surface area contributed by atoms with Gasteiger partial charge in [-0.25, -0.2) is 11.4 Å². The van der Waals surface area contributed by atoms with E-state index in [0.717, 1.165) is 54.2 Å². The molecule has 0 saturated carbocycles. The maximum Gasteiger partial charge on any atom is 0.490 e. The molecule has 3 amide bonds. The van der Waals surface area contributed by atoms with Crippen molar-refractivity contribution in [3.8, 4) is 17.2 Å². The molecule has 2 atom stereocenters. The number of aldehydes is 1. The monoisotopic (exact) mass is 1340 g/mol. The molecule has 0 aliphatic rings. The summed E-state index contributed by atoms with van der Waals surface area (Å²) in [4.78, 5) is 84.7. The van der Waals surface area contributed by atoms with Crippen LogP contribution in [0, 0.1) is 6.57 Å². The molecule has 21 nitrogen and oxygen atoms in total. The van der Waals surface area contributed by atoms with Gasteiger partial charge in [0.2, 0.25) is 18.4 Å². The van der Waals surface area contributed by atoms with Crippen LogP contribution in [0.5, 0.6) is 17.2 Å². The molecule has 2 unspecified atom stereocenters. The number of alkyl halides is 6. The average molecular weight is 1340 g/mol. The fourth-order valence-electron chi connectivity index (χ4n) is 8.34. The Bertz CT molecular complexity index is 3730. The molecule has 6 aromatic heterocycles. The maximum absolute atomic E-state index is 13.5. The van der Waals surface area contributed by atoms with Gasteiger partial charge < -0.3 is 51.9 Å². The molecule has 0 fully saturated rings. The highest BCUT2D eigenvalue weighted by molar-refractivity contribution is 5.91. The van der Waals surface area contributed by atoms with Crippen LogP contribution >= 0.6 is 0 Å². The molecule has 0 saturated heterocycles. The van der Waals surface area contributed by atoms with Crippen molar-refractivity contribution < 1.29 is 70.7 Å². The number of rotatable bonds is 23. The predicted molar refractivity (Wildman–Crippen MR) is 349 cm³/mol. The number of nitrogens with zero attached hydrogens (tertiary/aromatic N) is 8. The predicted octanol–water partition coefficient (Wildman–Crippen LogP) is 9.59. The number of carboxylic acids is 1. The van der Waals surface area contributed by atoms with Gasteiger partial charge in [-0.1, -0.05) is 24.3 Å². The Kier molecular flexibility index (Phi) is 34.9. The summed E-state index contributed by atoms with van der Waals surface area (Å²) in [6.07, 6.45) is 14.6. The molecule has 0 bridgehead atoms. The molecule has 0 spiro atoms. The lowest BCUT2D eigenvalue weighted by Crippen LogP contribution is -2.49. The molecule has 27 heteroatoms. The smallest absolute Gasteiger partial charge is 0.490 e. The number of phenolic OH excluding ortho intramolecular Hbond substituents is 3. The number of hydrogen-bond acceptors (Lipinski definition) is 16. The number of halogens is 6. The highest BCUT2D eigenvalue weighted by Crippen LogP contribution is 2.29. The molecule has 3 aromatic carbocycles. The number of carboxylic acid groups (broad SMARTS) is 1. The fraction of sp³-hybridized carbons (Fsp3) is 0.229. The number of nitrogens with one attached hydrogen (secondary N) is 3. The molecule has 0 aliphatic carbocycles. The maximum atomic E-state index is 13.5. The first kappa shape index (κ1) is 77.9. The van der Waals surface area contributed by atoms with Crippen LogP contribution in [0.3, 0.4) is 0 Å². The number of aliphatic carboxylic acids is 1. The number of aromatic hydroxyl groups is 3. The minimum Gasteiger partial charge on any atom is -0.508 e. The van der Waals surface area contributed by atoms with E-state index in [1.807, 2.05) is 48.5 Å². The van der Waals surface area contributed by atoms with Gasteiger partial charge in [-0.3, -0.25) is 49.1 Å². The zero-order valence-corrected chi connectivity index (χ0v) is 52.3. The summed E-state index contributed by atoms with van der Waals surface area (Å²) in [6, 6.07) is 38.3. The van der Waals surface area contributed by atoms with Crippen LogP contribution in [0.1, 0.15) is 66.9 Å². The van der Waals surface area contributed by atoms with Crippen LogP contribution in [0.2, 0.25) is 0 Å². The van der Waals surface area contributed by atoms with Crippen molar-refractivity contribution in [3.05, 3.63) is 281 Å². The molecule has 6 heterocycles. The van der Waals surface area contributed by atoms with Crippen LogP contribution in [-0.2, 0) is 57.7 Å². The SMILES string of the molecule is NCCc1ccncc1.O=C(NCCc1ccncc1)C(NCCc1ccncc1)c1ccc(O)cc1.O=C(NCCc1ccncc1)C(c1ccc(O)cc1)N(CCc1ccncc1)C(=O)C(F)(F)F.O=C(O)C(F)(F)F.O=Cc1ccc(O)cc1.[C-]#[N+]CCc1ccncc1. The third-order valence-electron chi connectivity index (χ3n) is 13.3. The van der Waals surface area contributed by atoms with Crippen molar-refractivity contribution in [1.29, 1.82) is 0 Å². The van der Waals surface area contributed by atoms with Gasteiger partial charge in [0.15, 0.2) is 0 Å². The number of benzene rings is 3. The summed E-state index contributed by atoms with van der Waals surface area (Å²) in [5, 5.41) is 44.0. The van der Waals surface area contributed by atoms with Gasteiger partial charge in [-0.2, -0.15) is 26.3 Å². The molecule has 0 aliphatic heterocycles. The van der Waals surface area contributed by atoms with Crippen molar-refractivity contribution in [2.45, 2.75) is 63.0 Å². The second-order valence-corrected chi connectivity index (χ2v) is 20.4. The molecule has 0 radical (unpaired) electrons. The average Bonchev–Trinajstić information content (AvgIpc) is 0.817. The Labute approximate surface area is 556 Å². The number of amides is 3. The highest BCUT2D eigenvalue weighted by atomic mass is 19.4. The lowest BCUT2D eigenvalue weighted by Gasteiger charge is -2.32. The van der Waals surface area contributed by atoms with Gasteiger partial charge >= 0.3 is 24.2 Å². The highest BCUT2D eigenvalue weighted by Gasteiger charge is 2.46. The van der Waals surface area contributed by atoms with Crippen molar-refractivity contribution in [1.82, 2.24) is 50.8 Å². The zero-order valence-electron chi connectivity index (χ0n) is 52.3. The molecule has 508 valence electrons. The van der Waals surface area contributed by atoms with Crippen LogP contribution in [0.4, 0.5) is 26.3 Å². The number of aromatic nitrogens is 6. The Morgan fingerprint density at radius 1 is 0.474 bits per heavy atom. The minimum absolute atomic E-state index is 0.0865. The van der Waals surface area contributed by atoms with Crippen molar-refractivity contribution in [2.24, 2.45) is 5.73 Å². The Balaban J connectivity index is 0.000000278. The van der Waals surface area contributed by atoms with Gasteiger partial charge in [-0.05, 0) is 204 Å². The first-order valence-corrected chi connectivity index (χ1v) is 29.8. The van der Waals surface area contributed by atoms with E-state index in [1.165, 1.54) is 59.9 Å². The van der Waals surface area contributed by atoms with E-state index in [-0.39, 0.29) is 48.2 Å². The van der Waals surface area contributed by atoms with Crippen LogP contribution in [0.25, 0.3) is 4.85 Å². The number of nitrogens with two attached hydrogens (primary N) is 1. The normalized spacial score (nSPS) is 11.0. The third kappa shape index (κ3) is 31.8. The van der Waals surface area contributed by atoms with E-state index in [9.17, 15) is 55.7 Å². The molecular weight excluding hydrogens is 1270 g/mol. The van der Waals surface area contributed by atoms with Crippen molar-refractivity contribution in [2.75, 3.05) is 39.3 Å². The fourth-order valence-corrected chi connectivity index (χ4v) is 8.34. The van der Waals surface area contributed by atoms with Gasteiger partial charge in [0.05, 0.1) is 0 Å². The number of carbonyl (C=O) groups is 5. The second-order valence-electron chi connectivity index (χ2n) is 20.4. The van der Waals surface area contributed by atoms with Gasteiger partial charge in [0.1, 0.15) is 35.6 Å². The Morgan fingerprint density at radius 2 is 0.804 bits per heavy atom. The Hall–Kier alpha value is -11.5. The molecule has 9 N–H and O–H groups in total. The van der Waals surface area contributed by atoms with Crippen LogP contribution in [-0.4, -0.2) is 137 Å². The Morgan fingerprint density at radius 3 is 1.15 bits per heavy atom. The summed E-state index contributed by atoms with van der Waals surface area (Å²) >= 11 is 0. The van der Waals surface area contributed by atoms with E-state index in [4.69, 9.17) is 27.3 Å².